The molecule has 0 saturated carbocycles. The zero-order chi connectivity index (χ0) is 23.9. The Bertz CT molecular complexity index is 1120. The van der Waals surface area contributed by atoms with Crippen molar-refractivity contribution in [1.29, 1.82) is 0 Å². The van der Waals surface area contributed by atoms with Crippen molar-refractivity contribution in [3.8, 4) is 17.2 Å². The fourth-order valence-corrected chi connectivity index (χ4v) is 4.50. The summed E-state index contributed by atoms with van der Waals surface area (Å²) in [6.07, 6.45) is 0.810. The highest BCUT2D eigenvalue weighted by Crippen LogP contribution is 2.34. The van der Waals surface area contributed by atoms with E-state index in [1.54, 1.807) is 36.6 Å². The van der Waals surface area contributed by atoms with Gasteiger partial charge in [-0.2, -0.15) is 0 Å². The molecule has 0 spiro atoms. The van der Waals surface area contributed by atoms with Gasteiger partial charge in [0.1, 0.15) is 5.75 Å². The van der Waals surface area contributed by atoms with Gasteiger partial charge in [0, 0.05) is 29.2 Å². The first-order valence-electron chi connectivity index (χ1n) is 10.9. The molecule has 1 aliphatic heterocycles. The summed E-state index contributed by atoms with van der Waals surface area (Å²) >= 11 is 1.69. The number of carbonyl (C=O) groups excluding carboxylic acids is 2. The van der Waals surface area contributed by atoms with Crippen LogP contribution in [0.15, 0.2) is 60.0 Å². The molecule has 2 heterocycles. The molecule has 3 aromatic rings. The molecule has 0 radical (unpaired) electrons. The Kier molecular flexibility index (Phi) is 7.66. The smallest absolute Gasteiger partial charge is 0.325 e. The van der Waals surface area contributed by atoms with E-state index in [0.29, 0.717) is 23.7 Å². The summed E-state index contributed by atoms with van der Waals surface area (Å²) in [4.78, 5) is 28.5. The molecule has 2 N–H and O–H groups in total. The Morgan fingerprint density at radius 3 is 2.65 bits per heavy atom. The topological polar surface area (TPSA) is 89.1 Å². The van der Waals surface area contributed by atoms with Crippen molar-refractivity contribution in [1.82, 2.24) is 10.2 Å². The second-order valence-corrected chi connectivity index (χ2v) is 8.99. The SMILES string of the molecule is COc1ccc(CN(CC(=O)NC(=O)Nc2ccc3c(c2)OCO3)C(C)Cc2cccs2)cc1. The number of nitrogens with zero attached hydrogens (tertiary/aromatic N) is 1. The number of thiophene rings is 1. The Labute approximate surface area is 202 Å². The average molecular weight is 482 g/mol. The Morgan fingerprint density at radius 1 is 1.12 bits per heavy atom. The third-order valence-corrected chi connectivity index (χ3v) is 6.37. The quantitative estimate of drug-likeness (QED) is 0.475. The highest BCUT2D eigenvalue weighted by Gasteiger charge is 2.21. The molecule has 1 aliphatic rings. The van der Waals surface area contributed by atoms with Crippen molar-refractivity contribution in [2.24, 2.45) is 0 Å². The van der Waals surface area contributed by atoms with Crippen molar-refractivity contribution in [3.05, 3.63) is 70.4 Å². The molecule has 4 rings (SSSR count). The van der Waals surface area contributed by atoms with Crippen LogP contribution in [0.5, 0.6) is 17.2 Å². The van der Waals surface area contributed by atoms with E-state index >= 15 is 0 Å². The van der Waals surface area contributed by atoms with Gasteiger partial charge in [0.2, 0.25) is 12.7 Å². The molecular weight excluding hydrogens is 454 g/mol. The van der Waals surface area contributed by atoms with Crippen LogP contribution in [0, 0.1) is 0 Å². The number of fused-ring (bicyclic) bond motifs is 1. The lowest BCUT2D eigenvalue weighted by atomic mass is 10.1. The molecule has 0 fully saturated rings. The number of hydrogen-bond donors (Lipinski definition) is 2. The van der Waals surface area contributed by atoms with Gasteiger partial charge in [0.05, 0.1) is 13.7 Å². The highest BCUT2D eigenvalue weighted by atomic mass is 32.1. The molecule has 0 bridgehead atoms. The van der Waals surface area contributed by atoms with Gasteiger partial charge in [-0.1, -0.05) is 18.2 Å². The standard InChI is InChI=1S/C25H27N3O5S/c1-17(12-21-4-3-11-34-21)28(14-18-5-8-20(31-2)9-6-18)15-24(29)27-25(30)26-19-7-10-22-23(13-19)33-16-32-22/h3-11,13,17H,12,14-16H2,1-2H3,(H2,26,27,29,30). The fraction of sp³-hybridized carbons (Fsp3) is 0.280. The van der Waals surface area contributed by atoms with E-state index in [-0.39, 0.29) is 25.3 Å². The minimum absolute atomic E-state index is 0.0765. The lowest BCUT2D eigenvalue weighted by molar-refractivity contribution is -0.121. The summed E-state index contributed by atoms with van der Waals surface area (Å²) in [7, 11) is 1.63. The number of rotatable bonds is 9. The van der Waals surface area contributed by atoms with Crippen LogP contribution in [0.4, 0.5) is 10.5 Å². The van der Waals surface area contributed by atoms with Gasteiger partial charge in [0.25, 0.3) is 0 Å². The monoisotopic (exact) mass is 481 g/mol. The summed E-state index contributed by atoms with van der Waals surface area (Å²) in [5, 5.41) is 7.14. The van der Waals surface area contributed by atoms with E-state index in [1.165, 1.54) is 4.88 Å². The largest absolute Gasteiger partial charge is 0.497 e. The van der Waals surface area contributed by atoms with Gasteiger partial charge < -0.3 is 19.5 Å². The molecule has 1 atom stereocenters. The highest BCUT2D eigenvalue weighted by molar-refractivity contribution is 7.09. The number of hydrogen-bond acceptors (Lipinski definition) is 7. The van der Waals surface area contributed by atoms with Crippen LogP contribution in [0.1, 0.15) is 17.4 Å². The molecular formula is C25H27N3O5S. The first-order chi connectivity index (χ1) is 16.5. The molecule has 1 unspecified atom stereocenters. The van der Waals surface area contributed by atoms with Crippen LogP contribution in [-0.4, -0.2) is 43.3 Å². The van der Waals surface area contributed by atoms with Gasteiger partial charge in [0.15, 0.2) is 11.5 Å². The number of benzene rings is 2. The molecule has 2 aromatic carbocycles. The second kappa shape index (κ2) is 11.0. The molecule has 8 nitrogen and oxygen atoms in total. The number of anilines is 1. The molecule has 178 valence electrons. The number of urea groups is 1. The van der Waals surface area contributed by atoms with Crippen LogP contribution in [0.2, 0.25) is 0 Å². The zero-order valence-electron chi connectivity index (χ0n) is 19.1. The van der Waals surface area contributed by atoms with Gasteiger partial charge in [-0.25, -0.2) is 4.79 Å². The first-order valence-corrected chi connectivity index (χ1v) is 11.8. The second-order valence-electron chi connectivity index (χ2n) is 7.96. The predicted octanol–water partition coefficient (Wildman–Crippen LogP) is 4.27. The summed E-state index contributed by atoms with van der Waals surface area (Å²) in [6, 6.07) is 16.4. The Morgan fingerprint density at radius 2 is 1.91 bits per heavy atom. The number of nitrogens with one attached hydrogen (secondary N) is 2. The number of methoxy groups -OCH3 is 1. The van der Waals surface area contributed by atoms with Crippen LogP contribution in [0.3, 0.4) is 0 Å². The van der Waals surface area contributed by atoms with Gasteiger partial charge in [-0.3, -0.25) is 15.0 Å². The number of amides is 3. The van der Waals surface area contributed by atoms with Crippen molar-refractivity contribution in [2.45, 2.75) is 25.9 Å². The average Bonchev–Trinajstić information content (AvgIpc) is 3.50. The van der Waals surface area contributed by atoms with Gasteiger partial charge in [-0.15, -0.1) is 11.3 Å². The van der Waals surface area contributed by atoms with Crippen LogP contribution in [-0.2, 0) is 17.8 Å². The van der Waals surface area contributed by atoms with E-state index in [0.717, 1.165) is 17.7 Å². The van der Waals surface area contributed by atoms with Crippen molar-refractivity contribution in [2.75, 3.05) is 25.8 Å². The molecule has 1 aromatic heterocycles. The van der Waals surface area contributed by atoms with E-state index in [9.17, 15) is 9.59 Å². The third kappa shape index (κ3) is 6.27. The van der Waals surface area contributed by atoms with E-state index in [4.69, 9.17) is 14.2 Å². The minimum atomic E-state index is -0.598. The summed E-state index contributed by atoms with van der Waals surface area (Å²) in [5.74, 6) is 1.57. The minimum Gasteiger partial charge on any atom is -0.497 e. The lowest BCUT2D eigenvalue weighted by Gasteiger charge is -2.28. The van der Waals surface area contributed by atoms with E-state index < -0.39 is 6.03 Å². The van der Waals surface area contributed by atoms with E-state index in [1.807, 2.05) is 35.7 Å². The van der Waals surface area contributed by atoms with Gasteiger partial charge in [-0.05, 0) is 54.6 Å². The number of carbonyl (C=O) groups is 2. The maximum Gasteiger partial charge on any atom is 0.325 e. The van der Waals surface area contributed by atoms with Crippen LogP contribution in [0.25, 0.3) is 0 Å². The molecule has 0 saturated heterocycles. The Hall–Kier alpha value is -3.56. The molecule has 3 amide bonds. The fourth-order valence-electron chi connectivity index (χ4n) is 3.67. The van der Waals surface area contributed by atoms with E-state index in [2.05, 4.69) is 28.5 Å². The normalized spacial score (nSPS) is 12.9. The van der Waals surface area contributed by atoms with Crippen LogP contribution < -0.4 is 24.8 Å². The zero-order valence-corrected chi connectivity index (χ0v) is 19.9. The predicted molar refractivity (Wildman–Crippen MR) is 131 cm³/mol. The summed E-state index contributed by atoms with van der Waals surface area (Å²) in [5.41, 5.74) is 1.56. The lowest BCUT2D eigenvalue weighted by Crippen LogP contribution is -2.45. The van der Waals surface area contributed by atoms with Crippen LogP contribution >= 0.6 is 11.3 Å². The summed E-state index contributed by atoms with van der Waals surface area (Å²) < 4.78 is 15.8. The molecule has 34 heavy (non-hydrogen) atoms. The third-order valence-electron chi connectivity index (χ3n) is 5.47. The maximum absolute atomic E-state index is 12.8. The number of imide groups is 1. The number of ether oxygens (including phenoxy) is 3. The first kappa shape index (κ1) is 23.6. The van der Waals surface area contributed by atoms with Crippen molar-refractivity contribution >= 4 is 29.0 Å². The summed E-state index contributed by atoms with van der Waals surface area (Å²) in [6.45, 7) is 2.88. The van der Waals surface area contributed by atoms with Gasteiger partial charge >= 0.3 is 6.03 Å². The maximum atomic E-state index is 12.8. The van der Waals surface area contributed by atoms with Crippen molar-refractivity contribution in [3.63, 3.8) is 0 Å². The van der Waals surface area contributed by atoms with Crippen molar-refractivity contribution < 1.29 is 23.8 Å². The molecule has 9 heteroatoms. The Balaban J connectivity index is 1.38. The molecule has 0 aliphatic carbocycles.